The molecule has 1 aromatic heterocycles. The fourth-order valence-corrected chi connectivity index (χ4v) is 3.01. The second kappa shape index (κ2) is 8.09. The summed E-state index contributed by atoms with van der Waals surface area (Å²) in [6, 6.07) is 2.12. The second-order valence-electron chi connectivity index (χ2n) is 6.71. The van der Waals surface area contributed by atoms with Crippen LogP contribution in [-0.4, -0.2) is 41.5 Å². The molecule has 1 saturated heterocycles. The zero-order valence-electron chi connectivity index (χ0n) is 15.5. The first-order valence-corrected chi connectivity index (χ1v) is 8.78. The smallest absolute Gasteiger partial charge is 0.0622 e. The minimum Gasteiger partial charge on any atom is -0.374 e. The van der Waals surface area contributed by atoms with Crippen molar-refractivity contribution in [2.75, 3.05) is 26.7 Å². The van der Waals surface area contributed by atoms with Crippen molar-refractivity contribution in [2.45, 2.75) is 33.1 Å². The van der Waals surface area contributed by atoms with Gasteiger partial charge in [-0.05, 0) is 44.4 Å². The molecule has 0 spiro atoms. The Bertz CT molecular complexity index is 730. The normalized spacial score (nSPS) is 16.4. The van der Waals surface area contributed by atoms with E-state index in [9.17, 15) is 0 Å². The fraction of sp³-hybridized carbons (Fsp3) is 0.429. The Kier molecular flexibility index (Phi) is 6.13. The molecule has 2 rings (SSSR count). The Morgan fingerprint density at radius 3 is 2.58 bits per heavy atom. The van der Waals surface area contributed by atoms with Crippen LogP contribution < -0.4 is 10.6 Å². The molecule has 1 aliphatic rings. The summed E-state index contributed by atoms with van der Waals surface area (Å²) in [4.78, 5) is 7.92. The zero-order valence-corrected chi connectivity index (χ0v) is 15.5. The van der Waals surface area contributed by atoms with Gasteiger partial charge in [-0.15, -0.1) is 0 Å². The highest BCUT2D eigenvalue weighted by Gasteiger charge is 2.15. The molecular formula is C21H31N3. The number of likely N-dealkylation sites (N-methyl/N-ethyl adjacent to an activating group) is 1. The van der Waals surface area contributed by atoms with Gasteiger partial charge >= 0.3 is 0 Å². The molecule has 0 amide bonds. The summed E-state index contributed by atoms with van der Waals surface area (Å²) in [7, 11) is 2.07. The SMILES string of the molecule is C=C(c1c/c(=C/C(C)=C\C)c(=C)[nH]1)N(C)CC(=C)N1CCCCC1. The zero-order chi connectivity index (χ0) is 17.7. The van der Waals surface area contributed by atoms with E-state index in [0.29, 0.717) is 0 Å². The number of nitrogens with one attached hydrogen (secondary N) is 1. The van der Waals surface area contributed by atoms with Crippen LogP contribution >= 0.6 is 0 Å². The van der Waals surface area contributed by atoms with Crippen LogP contribution in [0.5, 0.6) is 0 Å². The van der Waals surface area contributed by atoms with Gasteiger partial charge in [-0.1, -0.05) is 37.5 Å². The highest BCUT2D eigenvalue weighted by molar-refractivity contribution is 5.60. The van der Waals surface area contributed by atoms with Crippen LogP contribution in [-0.2, 0) is 0 Å². The van der Waals surface area contributed by atoms with Gasteiger partial charge in [0.25, 0.3) is 0 Å². The fourth-order valence-electron chi connectivity index (χ4n) is 3.01. The van der Waals surface area contributed by atoms with Crippen LogP contribution in [0.2, 0.25) is 0 Å². The number of rotatable bonds is 6. The van der Waals surface area contributed by atoms with Crippen LogP contribution in [0.1, 0.15) is 38.8 Å². The quantitative estimate of drug-likeness (QED) is 0.868. The molecule has 1 aliphatic heterocycles. The first-order chi connectivity index (χ1) is 11.4. The molecule has 130 valence electrons. The second-order valence-corrected chi connectivity index (χ2v) is 6.71. The standard InChI is InChI=1S/C21H31N3/c1-7-16(2)13-20-14-21(22-18(20)4)19(5)23(6)15-17(3)24-11-9-8-10-12-24/h7,13-14,22H,3-5,8-12,15H2,1-2,6H3/b16-7-,20-13-. The molecule has 0 atom stereocenters. The molecule has 3 nitrogen and oxygen atoms in total. The number of likely N-dealkylation sites (tertiary alicyclic amines) is 1. The molecule has 0 aliphatic carbocycles. The summed E-state index contributed by atoms with van der Waals surface area (Å²) >= 11 is 0. The number of aromatic amines is 1. The molecule has 24 heavy (non-hydrogen) atoms. The number of aromatic nitrogens is 1. The minimum atomic E-state index is 0.803. The van der Waals surface area contributed by atoms with Crippen molar-refractivity contribution in [2.24, 2.45) is 0 Å². The van der Waals surface area contributed by atoms with Crippen LogP contribution in [0.25, 0.3) is 18.4 Å². The van der Waals surface area contributed by atoms with E-state index in [4.69, 9.17) is 0 Å². The van der Waals surface area contributed by atoms with Crippen LogP contribution in [0.3, 0.4) is 0 Å². The molecule has 0 saturated carbocycles. The molecule has 3 heteroatoms. The molecule has 0 aromatic carbocycles. The predicted molar refractivity (Wildman–Crippen MR) is 106 cm³/mol. The number of hydrogen-bond acceptors (Lipinski definition) is 2. The third-order valence-electron chi connectivity index (χ3n) is 4.77. The molecule has 1 aromatic rings. The van der Waals surface area contributed by atoms with Crippen LogP contribution in [0.4, 0.5) is 0 Å². The van der Waals surface area contributed by atoms with E-state index in [1.807, 2.05) is 6.92 Å². The lowest BCUT2D eigenvalue weighted by Gasteiger charge is -2.33. The lowest BCUT2D eigenvalue weighted by Crippen LogP contribution is -2.33. The lowest BCUT2D eigenvalue weighted by molar-refractivity contribution is 0.267. The molecule has 1 N–H and O–H groups in total. The average Bonchev–Trinajstić information content (AvgIpc) is 2.95. The Labute approximate surface area is 146 Å². The first-order valence-electron chi connectivity index (χ1n) is 8.78. The number of H-pyrrole nitrogens is 1. The summed E-state index contributed by atoms with van der Waals surface area (Å²) in [6.45, 7) is 19.8. The maximum atomic E-state index is 4.27. The maximum absolute atomic E-state index is 4.27. The summed E-state index contributed by atoms with van der Waals surface area (Å²) in [5, 5.41) is 2.04. The van der Waals surface area contributed by atoms with Gasteiger partial charge in [-0.2, -0.15) is 0 Å². The van der Waals surface area contributed by atoms with E-state index in [2.05, 4.69) is 66.7 Å². The van der Waals surface area contributed by atoms with E-state index < -0.39 is 0 Å². The van der Waals surface area contributed by atoms with Gasteiger partial charge in [0.15, 0.2) is 0 Å². The van der Waals surface area contributed by atoms with Crippen molar-refractivity contribution in [3.8, 4) is 0 Å². The highest BCUT2D eigenvalue weighted by atomic mass is 15.2. The van der Waals surface area contributed by atoms with Gasteiger partial charge in [0.1, 0.15) is 0 Å². The van der Waals surface area contributed by atoms with Gasteiger partial charge in [0.05, 0.1) is 17.9 Å². The van der Waals surface area contributed by atoms with Crippen molar-refractivity contribution < 1.29 is 0 Å². The summed E-state index contributed by atoms with van der Waals surface area (Å²) in [6.07, 6.45) is 8.12. The lowest BCUT2D eigenvalue weighted by atomic mass is 10.1. The van der Waals surface area contributed by atoms with Gasteiger partial charge in [0, 0.05) is 31.2 Å². The third kappa shape index (κ3) is 4.44. The van der Waals surface area contributed by atoms with Crippen molar-refractivity contribution in [1.29, 1.82) is 0 Å². The molecule has 0 radical (unpaired) electrons. The number of allylic oxidation sites excluding steroid dienone is 2. The molecule has 0 bridgehead atoms. The average molecular weight is 326 g/mol. The van der Waals surface area contributed by atoms with Crippen LogP contribution in [0.15, 0.2) is 36.6 Å². The first kappa shape index (κ1) is 18.2. The van der Waals surface area contributed by atoms with Gasteiger partial charge in [0.2, 0.25) is 0 Å². The van der Waals surface area contributed by atoms with Gasteiger partial charge in [-0.3, -0.25) is 0 Å². The van der Waals surface area contributed by atoms with E-state index in [1.54, 1.807) is 0 Å². The Morgan fingerprint density at radius 2 is 1.96 bits per heavy atom. The third-order valence-corrected chi connectivity index (χ3v) is 4.77. The Hall–Kier alpha value is -2.16. The van der Waals surface area contributed by atoms with E-state index in [1.165, 1.54) is 30.5 Å². The largest absolute Gasteiger partial charge is 0.374 e. The molecule has 2 heterocycles. The molecule has 1 fully saturated rings. The van der Waals surface area contributed by atoms with E-state index in [0.717, 1.165) is 41.6 Å². The van der Waals surface area contributed by atoms with Gasteiger partial charge in [-0.25, -0.2) is 0 Å². The maximum Gasteiger partial charge on any atom is 0.0622 e. The van der Waals surface area contributed by atoms with Gasteiger partial charge < -0.3 is 14.8 Å². The van der Waals surface area contributed by atoms with Crippen molar-refractivity contribution in [3.63, 3.8) is 0 Å². The molecular weight excluding hydrogens is 294 g/mol. The Balaban J connectivity index is 2.08. The highest BCUT2D eigenvalue weighted by Crippen LogP contribution is 2.17. The topological polar surface area (TPSA) is 22.3 Å². The van der Waals surface area contributed by atoms with Crippen molar-refractivity contribution >= 4 is 18.4 Å². The summed E-state index contributed by atoms with van der Waals surface area (Å²) in [5.74, 6) is 0. The van der Waals surface area contributed by atoms with E-state index in [-0.39, 0.29) is 0 Å². The summed E-state index contributed by atoms with van der Waals surface area (Å²) in [5.41, 5.74) is 4.39. The van der Waals surface area contributed by atoms with Crippen LogP contribution in [0, 0.1) is 0 Å². The minimum absolute atomic E-state index is 0.803. The Morgan fingerprint density at radius 1 is 1.29 bits per heavy atom. The van der Waals surface area contributed by atoms with Crippen molar-refractivity contribution in [3.05, 3.63) is 52.8 Å². The van der Waals surface area contributed by atoms with E-state index >= 15 is 0 Å². The summed E-state index contributed by atoms with van der Waals surface area (Å²) < 4.78 is 0. The monoisotopic (exact) mass is 325 g/mol. The number of nitrogens with zero attached hydrogens (tertiary/aromatic N) is 2. The molecule has 0 unspecified atom stereocenters. The number of piperidine rings is 1. The van der Waals surface area contributed by atoms with Crippen molar-refractivity contribution in [1.82, 2.24) is 14.8 Å². The predicted octanol–water partition coefficient (Wildman–Crippen LogP) is 3.07. The number of hydrogen-bond donors (Lipinski definition) is 1.